The number of nitrogens with zero attached hydrogens (tertiary/aromatic N) is 1. The maximum absolute atomic E-state index is 9.26. The summed E-state index contributed by atoms with van der Waals surface area (Å²) in [4.78, 5) is 4.35. The number of hydrogen-bond acceptors (Lipinski definition) is 3. The number of rotatable bonds is 5. The van der Waals surface area contributed by atoms with Crippen molar-refractivity contribution in [2.24, 2.45) is 0 Å². The fourth-order valence-corrected chi connectivity index (χ4v) is 2.19. The minimum absolute atomic E-state index is 0.230. The maximum atomic E-state index is 9.26. The van der Waals surface area contributed by atoms with Gasteiger partial charge in [-0.15, -0.1) is 0 Å². The first-order valence-corrected chi connectivity index (χ1v) is 6.60. The summed E-state index contributed by atoms with van der Waals surface area (Å²) in [6, 6.07) is 13.9. The lowest BCUT2D eigenvalue weighted by molar-refractivity contribution is 0.466. The zero-order chi connectivity index (χ0) is 13.7. The monoisotopic (exact) mass is 256 g/mol. The van der Waals surface area contributed by atoms with Gasteiger partial charge in [0.1, 0.15) is 5.75 Å². The molecule has 1 aromatic heterocycles. The highest BCUT2D eigenvalue weighted by atomic mass is 16.3. The fourth-order valence-electron chi connectivity index (χ4n) is 2.19. The van der Waals surface area contributed by atoms with Crippen molar-refractivity contribution in [3.05, 3.63) is 59.9 Å². The third-order valence-electron chi connectivity index (χ3n) is 3.14. The zero-order valence-corrected chi connectivity index (χ0v) is 11.4. The van der Waals surface area contributed by atoms with Crippen LogP contribution in [0.3, 0.4) is 0 Å². The maximum Gasteiger partial charge on any atom is 0.115 e. The van der Waals surface area contributed by atoms with Crippen LogP contribution >= 0.6 is 0 Å². The Balaban J connectivity index is 1.90. The first kappa shape index (κ1) is 13.6. The smallest absolute Gasteiger partial charge is 0.115 e. The summed E-state index contributed by atoms with van der Waals surface area (Å²) in [6.45, 7) is 4.28. The molecule has 1 aromatic carbocycles. The van der Waals surface area contributed by atoms with Gasteiger partial charge in [0.2, 0.25) is 0 Å². The van der Waals surface area contributed by atoms with Crippen LogP contribution in [0, 0.1) is 0 Å². The molecule has 0 aliphatic carbocycles. The second-order valence-electron chi connectivity index (χ2n) is 4.91. The lowest BCUT2D eigenvalue weighted by atomic mass is 10.1. The molecule has 2 N–H and O–H groups in total. The van der Waals surface area contributed by atoms with Crippen LogP contribution in [0.25, 0.3) is 0 Å². The molecular weight excluding hydrogens is 236 g/mol. The summed E-state index contributed by atoms with van der Waals surface area (Å²) in [5.41, 5.74) is 2.27. The number of nitrogens with one attached hydrogen (secondary N) is 1. The molecule has 0 radical (unpaired) electrons. The number of hydrogen-bond donors (Lipinski definition) is 2. The van der Waals surface area contributed by atoms with Gasteiger partial charge < -0.3 is 10.4 Å². The Kier molecular flexibility index (Phi) is 4.53. The lowest BCUT2D eigenvalue weighted by Crippen LogP contribution is -2.31. The van der Waals surface area contributed by atoms with Crippen LogP contribution in [0.15, 0.2) is 48.7 Å². The molecule has 0 fully saturated rings. The van der Waals surface area contributed by atoms with E-state index in [9.17, 15) is 5.11 Å². The predicted octanol–water partition coefficient (Wildman–Crippen LogP) is 3.07. The first-order chi connectivity index (χ1) is 9.15. The summed E-state index contributed by atoms with van der Waals surface area (Å²) in [7, 11) is 0. The average Bonchev–Trinajstić information content (AvgIpc) is 2.42. The quantitative estimate of drug-likeness (QED) is 0.864. The summed E-state index contributed by atoms with van der Waals surface area (Å²) >= 11 is 0. The molecule has 2 rings (SSSR count). The second-order valence-corrected chi connectivity index (χ2v) is 4.91. The molecule has 0 aliphatic heterocycles. The summed E-state index contributed by atoms with van der Waals surface area (Å²) < 4.78 is 0. The standard InChI is InChI=1S/C16H20N2O/c1-12(11-14-6-8-15(19)9-7-14)18-13(2)16-5-3-4-10-17-16/h3-10,12-13,18-19H,11H2,1-2H3. The van der Waals surface area contributed by atoms with Crippen molar-refractivity contribution in [1.82, 2.24) is 10.3 Å². The van der Waals surface area contributed by atoms with Crippen molar-refractivity contribution >= 4 is 0 Å². The van der Waals surface area contributed by atoms with Crippen LogP contribution in [-0.4, -0.2) is 16.1 Å². The third-order valence-corrected chi connectivity index (χ3v) is 3.14. The zero-order valence-electron chi connectivity index (χ0n) is 11.4. The van der Waals surface area contributed by atoms with Gasteiger partial charge in [0.25, 0.3) is 0 Å². The summed E-state index contributed by atoms with van der Waals surface area (Å²) in [5, 5.41) is 12.8. The van der Waals surface area contributed by atoms with Crippen molar-refractivity contribution in [2.75, 3.05) is 0 Å². The van der Waals surface area contributed by atoms with Crippen molar-refractivity contribution < 1.29 is 5.11 Å². The van der Waals surface area contributed by atoms with Crippen molar-refractivity contribution in [3.8, 4) is 5.75 Å². The number of aromatic hydroxyl groups is 1. The normalized spacial score (nSPS) is 14.0. The SMILES string of the molecule is CC(Cc1ccc(O)cc1)NC(C)c1ccccn1. The van der Waals surface area contributed by atoms with Gasteiger partial charge >= 0.3 is 0 Å². The number of benzene rings is 1. The Morgan fingerprint density at radius 2 is 1.84 bits per heavy atom. The molecule has 2 aromatic rings. The number of pyridine rings is 1. The molecule has 100 valence electrons. The highest BCUT2D eigenvalue weighted by molar-refractivity contribution is 5.26. The van der Waals surface area contributed by atoms with E-state index in [0.29, 0.717) is 11.8 Å². The van der Waals surface area contributed by atoms with Gasteiger partial charge in [-0.1, -0.05) is 18.2 Å². The molecule has 0 saturated heterocycles. The molecule has 3 heteroatoms. The van der Waals surface area contributed by atoms with Crippen molar-refractivity contribution in [1.29, 1.82) is 0 Å². The predicted molar refractivity (Wildman–Crippen MR) is 77.1 cm³/mol. The molecule has 0 aliphatic rings. The van der Waals surface area contributed by atoms with Crippen LogP contribution in [0.2, 0.25) is 0 Å². The average molecular weight is 256 g/mol. The van der Waals surface area contributed by atoms with Gasteiger partial charge in [0.15, 0.2) is 0 Å². The molecule has 2 atom stereocenters. The van der Waals surface area contributed by atoms with Gasteiger partial charge in [-0.05, 0) is 50.1 Å². The molecule has 19 heavy (non-hydrogen) atoms. The van der Waals surface area contributed by atoms with E-state index in [2.05, 4.69) is 24.1 Å². The Hall–Kier alpha value is -1.87. The van der Waals surface area contributed by atoms with E-state index in [0.717, 1.165) is 12.1 Å². The molecule has 0 spiro atoms. The van der Waals surface area contributed by atoms with Gasteiger partial charge in [-0.3, -0.25) is 4.98 Å². The third kappa shape index (κ3) is 4.07. The Bertz CT molecular complexity index is 496. The fraction of sp³-hybridized carbons (Fsp3) is 0.312. The summed E-state index contributed by atoms with van der Waals surface area (Å²) in [6.07, 6.45) is 2.75. The largest absolute Gasteiger partial charge is 0.508 e. The van der Waals surface area contributed by atoms with Gasteiger partial charge in [0.05, 0.1) is 5.69 Å². The van der Waals surface area contributed by atoms with Crippen LogP contribution in [0.1, 0.15) is 31.1 Å². The second kappa shape index (κ2) is 6.34. The van der Waals surface area contributed by atoms with E-state index >= 15 is 0 Å². The van der Waals surface area contributed by atoms with Crippen LogP contribution in [-0.2, 0) is 6.42 Å². The van der Waals surface area contributed by atoms with Crippen molar-refractivity contribution in [3.63, 3.8) is 0 Å². The highest BCUT2D eigenvalue weighted by Crippen LogP contribution is 2.13. The van der Waals surface area contributed by atoms with Crippen LogP contribution in [0.5, 0.6) is 5.75 Å². The molecule has 3 nitrogen and oxygen atoms in total. The van der Waals surface area contributed by atoms with Crippen LogP contribution in [0.4, 0.5) is 0 Å². The molecule has 0 bridgehead atoms. The Morgan fingerprint density at radius 1 is 1.11 bits per heavy atom. The lowest BCUT2D eigenvalue weighted by Gasteiger charge is -2.19. The molecule has 1 heterocycles. The van der Waals surface area contributed by atoms with E-state index in [1.807, 2.05) is 36.5 Å². The van der Waals surface area contributed by atoms with E-state index in [4.69, 9.17) is 0 Å². The van der Waals surface area contributed by atoms with E-state index < -0.39 is 0 Å². The first-order valence-electron chi connectivity index (χ1n) is 6.60. The van der Waals surface area contributed by atoms with E-state index in [-0.39, 0.29) is 6.04 Å². The minimum atomic E-state index is 0.230. The van der Waals surface area contributed by atoms with Crippen molar-refractivity contribution in [2.45, 2.75) is 32.4 Å². The van der Waals surface area contributed by atoms with Gasteiger partial charge in [-0.2, -0.15) is 0 Å². The van der Waals surface area contributed by atoms with E-state index in [1.165, 1.54) is 5.56 Å². The molecular formula is C16H20N2O. The van der Waals surface area contributed by atoms with E-state index in [1.54, 1.807) is 12.1 Å². The minimum Gasteiger partial charge on any atom is -0.508 e. The number of phenols is 1. The molecule has 0 amide bonds. The topological polar surface area (TPSA) is 45.1 Å². The highest BCUT2D eigenvalue weighted by Gasteiger charge is 2.10. The summed E-state index contributed by atoms with van der Waals surface area (Å²) in [5.74, 6) is 0.311. The van der Waals surface area contributed by atoms with Gasteiger partial charge in [0, 0.05) is 18.3 Å². The van der Waals surface area contributed by atoms with Crippen LogP contribution < -0.4 is 5.32 Å². The number of aromatic nitrogens is 1. The molecule has 0 saturated carbocycles. The molecule has 2 unspecified atom stereocenters. The Labute approximate surface area is 114 Å². The number of phenolic OH excluding ortho intramolecular Hbond substituents is 1. The Morgan fingerprint density at radius 3 is 2.47 bits per heavy atom. The van der Waals surface area contributed by atoms with Gasteiger partial charge in [-0.25, -0.2) is 0 Å².